The van der Waals surface area contributed by atoms with Gasteiger partial charge in [0.15, 0.2) is 11.1 Å². The van der Waals surface area contributed by atoms with Crippen molar-refractivity contribution in [3.05, 3.63) is 67.3 Å². The first kappa shape index (κ1) is 17.8. The second kappa shape index (κ2) is 6.94. The second-order valence-electron chi connectivity index (χ2n) is 6.97. The van der Waals surface area contributed by atoms with E-state index in [4.69, 9.17) is 15.7 Å². The Kier molecular flexibility index (Phi) is 4.26. The standard InChI is InChI=1S/C20H18N6O2S/c21-9-11-2-1-3-12(6-11)15-8-17(23-14-4-5-14)26-18(24-15)13(10-22-26)7-16-19(27)25-20(28)29-16/h1-3,6-8,10,14,27H,4-5,9,21H2,(H,25,28)/b13-7-,23-17?. The molecule has 0 radical (unpaired) electrons. The van der Waals surface area contributed by atoms with Gasteiger partial charge in [-0.3, -0.25) is 14.8 Å². The zero-order valence-corrected chi connectivity index (χ0v) is 16.2. The minimum atomic E-state index is -0.318. The number of nitrogens with one attached hydrogen (secondary N) is 1. The van der Waals surface area contributed by atoms with E-state index in [1.54, 1.807) is 16.8 Å². The number of aromatic amines is 1. The molecule has 146 valence electrons. The number of aromatic hydroxyl groups is 1. The molecule has 0 unspecified atom stereocenters. The molecule has 1 aromatic carbocycles. The number of hydrogen-bond donors (Lipinski definition) is 3. The molecule has 9 heteroatoms. The van der Waals surface area contributed by atoms with E-state index in [9.17, 15) is 9.90 Å². The number of rotatable bonds is 4. The SMILES string of the molecule is NCc1cccc(-c2cc(=NC3CC3)n3nc/c(=C/c4sc(=O)[nH]c4O)c3n2)c1. The number of H-pyrrole nitrogens is 1. The van der Waals surface area contributed by atoms with Crippen molar-refractivity contribution in [3.63, 3.8) is 0 Å². The molecular weight excluding hydrogens is 388 g/mol. The maximum absolute atomic E-state index is 11.5. The Morgan fingerprint density at radius 2 is 2.24 bits per heavy atom. The minimum Gasteiger partial charge on any atom is -0.493 e. The topological polar surface area (TPSA) is 122 Å². The van der Waals surface area contributed by atoms with E-state index in [2.05, 4.69) is 10.1 Å². The van der Waals surface area contributed by atoms with Gasteiger partial charge in [-0.05, 0) is 30.5 Å². The van der Waals surface area contributed by atoms with Gasteiger partial charge in [-0.1, -0.05) is 29.5 Å². The quantitative estimate of drug-likeness (QED) is 0.465. The number of fused-ring (bicyclic) bond motifs is 1. The van der Waals surface area contributed by atoms with E-state index >= 15 is 0 Å². The summed E-state index contributed by atoms with van der Waals surface area (Å²) in [5, 5.41) is 15.1. The van der Waals surface area contributed by atoms with Crippen LogP contribution in [0.25, 0.3) is 23.0 Å². The van der Waals surface area contributed by atoms with Crippen molar-refractivity contribution in [1.82, 2.24) is 19.6 Å². The third-order valence-electron chi connectivity index (χ3n) is 4.74. The molecule has 0 bridgehead atoms. The monoisotopic (exact) mass is 406 g/mol. The number of nitrogens with two attached hydrogens (primary N) is 1. The molecule has 1 fully saturated rings. The Morgan fingerprint density at radius 3 is 2.97 bits per heavy atom. The van der Waals surface area contributed by atoms with E-state index in [1.165, 1.54) is 0 Å². The van der Waals surface area contributed by atoms with E-state index in [0.717, 1.165) is 46.5 Å². The summed E-state index contributed by atoms with van der Waals surface area (Å²) in [6.07, 6.45) is 5.52. The van der Waals surface area contributed by atoms with Crippen molar-refractivity contribution in [2.45, 2.75) is 25.4 Å². The zero-order chi connectivity index (χ0) is 20.0. The minimum absolute atomic E-state index is 0.158. The van der Waals surface area contributed by atoms with Gasteiger partial charge in [0.05, 0.1) is 22.8 Å². The Morgan fingerprint density at radius 1 is 1.38 bits per heavy atom. The maximum atomic E-state index is 11.5. The molecule has 4 aromatic rings. The lowest BCUT2D eigenvalue weighted by Crippen LogP contribution is -2.19. The number of hydrogen-bond acceptors (Lipinski definition) is 7. The first-order chi connectivity index (χ1) is 14.1. The molecule has 0 aliphatic heterocycles. The normalized spacial score (nSPS) is 15.5. The van der Waals surface area contributed by atoms with Crippen molar-refractivity contribution >= 4 is 23.1 Å². The van der Waals surface area contributed by atoms with Crippen LogP contribution < -0.4 is 21.3 Å². The van der Waals surface area contributed by atoms with Gasteiger partial charge in [0.25, 0.3) is 0 Å². The smallest absolute Gasteiger partial charge is 0.307 e. The Balaban J connectivity index is 1.77. The van der Waals surface area contributed by atoms with Crippen LogP contribution in [0.5, 0.6) is 5.88 Å². The van der Waals surface area contributed by atoms with Gasteiger partial charge in [-0.25, -0.2) is 4.98 Å². The van der Waals surface area contributed by atoms with Crippen LogP contribution in [0.3, 0.4) is 0 Å². The fourth-order valence-corrected chi connectivity index (χ4v) is 3.81. The third-order valence-corrected chi connectivity index (χ3v) is 5.56. The van der Waals surface area contributed by atoms with E-state index < -0.39 is 0 Å². The molecule has 1 aliphatic rings. The first-order valence-corrected chi connectivity index (χ1v) is 10.1. The highest BCUT2D eigenvalue weighted by Crippen LogP contribution is 2.23. The van der Waals surface area contributed by atoms with Crippen molar-refractivity contribution in [2.75, 3.05) is 0 Å². The number of nitrogens with zero attached hydrogens (tertiary/aromatic N) is 4. The first-order valence-electron chi connectivity index (χ1n) is 9.26. The zero-order valence-electron chi connectivity index (χ0n) is 15.4. The van der Waals surface area contributed by atoms with Crippen LogP contribution >= 0.6 is 11.3 Å². The van der Waals surface area contributed by atoms with Crippen molar-refractivity contribution in [2.24, 2.45) is 10.7 Å². The van der Waals surface area contributed by atoms with Gasteiger partial charge in [-0.15, -0.1) is 0 Å². The molecule has 4 N–H and O–H groups in total. The molecule has 5 rings (SSSR count). The highest BCUT2D eigenvalue weighted by Gasteiger charge is 2.20. The summed E-state index contributed by atoms with van der Waals surface area (Å²) in [5.74, 6) is -0.158. The number of benzene rings is 1. The molecule has 1 saturated carbocycles. The maximum Gasteiger partial charge on any atom is 0.307 e. The molecule has 0 saturated heterocycles. The van der Waals surface area contributed by atoms with Crippen LogP contribution in [-0.2, 0) is 6.54 Å². The molecule has 29 heavy (non-hydrogen) atoms. The molecule has 3 aromatic heterocycles. The van der Waals surface area contributed by atoms with Gasteiger partial charge < -0.3 is 10.8 Å². The van der Waals surface area contributed by atoms with Gasteiger partial charge in [-0.2, -0.15) is 9.61 Å². The van der Waals surface area contributed by atoms with Gasteiger partial charge in [0.2, 0.25) is 5.88 Å². The van der Waals surface area contributed by atoms with Crippen molar-refractivity contribution in [3.8, 4) is 17.1 Å². The summed E-state index contributed by atoms with van der Waals surface area (Å²) in [6.45, 7) is 0.451. The lowest BCUT2D eigenvalue weighted by atomic mass is 10.1. The summed E-state index contributed by atoms with van der Waals surface area (Å²) in [5.41, 5.74) is 9.88. The lowest BCUT2D eigenvalue weighted by molar-refractivity contribution is 0.455. The molecule has 3 heterocycles. The van der Waals surface area contributed by atoms with Crippen LogP contribution in [0.2, 0.25) is 0 Å². The molecule has 0 atom stereocenters. The van der Waals surface area contributed by atoms with Crippen molar-refractivity contribution in [1.29, 1.82) is 0 Å². The molecule has 1 aliphatic carbocycles. The lowest BCUT2D eigenvalue weighted by Gasteiger charge is -2.05. The fourth-order valence-electron chi connectivity index (χ4n) is 3.13. The summed E-state index contributed by atoms with van der Waals surface area (Å²) in [6, 6.07) is 10.2. The van der Waals surface area contributed by atoms with Crippen LogP contribution in [0, 0.1) is 0 Å². The van der Waals surface area contributed by atoms with Gasteiger partial charge >= 0.3 is 4.87 Å². The summed E-state index contributed by atoms with van der Waals surface area (Å²) in [4.78, 5) is 23.6. The average Bonchev–Trinajstić information content (AvgIpc) is 3.36. The predicted molar refractivity (Wildman–Crippen MR) is 110 cm³/mol. The third kappa shape index (κ3) is 3.45. The van der Waals surface area contributed by atoms with Gasteiger partial charge in [0.1, 0.15) is 0 Å². The van der Waals surface area contributed by atoms with Crippen LogP contribution in [0.4, 0.5) is 0 Å². The Bertz CT molecular complexity index is 1400. The van der Waals surface area contributed by atoms with E-state index in [1.807, 2.05) is 30.3 Å². The van der Waals surface area contributed by atoms with Crippen LogP contribution in [0.15, 0.2) is 46.3 Å². The summed E-state index contributed by atoms with van der Waals surface area (Å²) in [7, 11) is 0. The molecule has 0 spiro atoms. The Hall–Kier alpha value is -3.30. The summed E-state index contributed by atoms with van der Waals surface area (Å²) < 4.78 is 1.70. The highest BCUT2D eigenvalue weighted by atomic mass is 32.1. The number of thiazole rings is 1. The highest BCUT2D eigenvalue weighted by molar-refractivity contribution is 7.10. The van der Waals surface area contributed by atoms with Crippen molar-refractivity contribution < 1.29 is 5.11 Å². The predicted octanol–water partition coefficient (Wildman–Crippen LogP) is 0.921. The van der Waals surface area contributed by atoms with Crippen LogP contribution in [0.1, 0.15) is 23.3 Å². The van der Waals surface area contributed by atoms with E-state index in [0.29, 0.717) is 28.3 Å². The largest absolute Gasteiger partial charge is 0.493 e. The van der Waals surface area contributed by atoms with Crippen LogP contribution in [-0.4, -0.2) is 30.7 Å². The molecule has 8 nitrogen and oxygen atoms in total. The fraction of sp³-hybridized carbons (Fsp3) is 0.200. The molecular formula is C20H18N6O2S. The average molecular weight is 406 g/mol. The second-order valence-corrected chi connectivity index (χ2v) is 7.99. The molecule has 0 amide bonds. The summed E-state index contributed by atoms with van der Waals surface area (Å²) >= 11 is 0.933. The van der Waals surface area contributed by atoms with E-state index in [-0.39, 0.29) is 10.8 Å². The van der Waals surface area contributed by atoms with Gasteiger partial charge in [0, 0.05) is 23.4 Å². The number of aromatic nitrogens is 4. The Labute approximate surface area is 168 Å².